The molecule has 3 aromatic rings. The molecule has 2 heterocycles. The highest BCUT2D eigenvalue weighted by Gasteiger charge is 2.26. The summed E-state index contributed by atoms with van der Waals surface area (Å²) in [4.78, 5) is 12.3. The van der Waals surface area contributed by atoms with Gasteiger partial charge in [0.1, 0.15) is 0 Å². The van der Waals surface area contributed by atoms with Crippen LogP contribution in [-0.2, 0) is 16.6 Å². The van der Waals surface area contributed by atoms with Crippen LogP contribution in [0.4, 0.5) is 0 Å². The highest BCUT2D eigenvalue weighted by Crippen LogP contribution is 2.16. The summed E-state index contributed by atoms with van der Waals surface area (Å²) in [6.45, 7) is 5.44. The van der Waals surface area contributed by atoms with E-state index >= 15 is 0 Å². The molecule has 0 fully saturated rings. The van der Waals surface area contributed by atoms with Crippen LogP contribution in [0.5, 0.6) is 0 Å². The number of amides is 1. The molecule has 0 saturated heterocycles. The van der Waals surface area contributed by atoms with E-state index in [0.717, 1.165) is 11.3 Å². The lowest BCUT2D eigenvalue weighted by Gasteiger charge is -2.18. The Kier molecular flexibility index (Phi) is 5.39. The molecule has 148 valence electrons. The third kappa shape index (κ3) is 4.87. The number of benzene rings is 1. The van der Waals surface area contributed by atoms with E-state index in [0.29, 0.717) is 0 Å². The van der Waals surface area contributed by atoms with Crippen molar-refractivity contribution < 1.29 is 17.6 Å². The number of hydrogen-bond donors (Lipinski definition) is 2. The van der Waals surface area contributed by atoms with E-state index in [1.54, 1.807) is 31.6 Å². The van der Waals surface area contributed by atoms with Gasteiger partial charge in [-0.3, -0.25) is 4.79 Å². The van der Waals surface area contributed by atoms with Crippen molar-refractivity contribution in [1.82, 2.24) is 19.8 Å². The van der Waals surface area contributed by atoms with Gasteiger partial charge in [0.15, 0.2) is 5.76 Å². The van der Waals surface area contributed by atoms with Crippen molar-refractivity contribution in [2.45, 2.75) is 37.9 Å². The van der Waals surface area contributed by atoms with E-state index in [1.807, 2.05) is 36.5 Å². The van der Waals surface area contributed by atoms with Crippen LogP contribution in [-0.4, -0.2) is 29.6 Å². The predicted molar refractivity (Wildman–Crippen MR) is 104 cm³/mol. The van der Waals surface area contributed by atoms with Crippen LogP contribution < -0.4 is 10.0 Å². The molecule has 0 unspecified atom stereocenters. The number of nitrogens with zero attached hydrogens (tertiary/aromatic N) is 2. The average Bonchev–Trinajstić information content (AvgIpc) is 3.30. The third-order valence-electron chi connectivity index (χ3n) is 3.67. The first-order chi connectivity index (χ1) is 13.1. The van der Waals surface area contributed by atoms with Crippen molar-refractivity contribution in [3.05, 3.63) is 66.2 Å². The molecule has 1 aromatic carbocycles. The van der Waals surface area contributed by atoms with Crippen LogP contribution in [0.2, 0.25) is 0 Å². The van der Waals surface area contributed by atoms with Crippen LogP contribution in [0.3, 0.4) is 0 Å². The van der Waals surface area contributed by atoms with Crippen molar-refractivity contribution in [1.29, 1.82) is 0 Å². The number of rotatable bonds is 6. The lowest BCUT2D eigenvalue weighted by Crippen LogP contribution is -2.40. The molecular formula is C19H22N4O4S. The maximum Gasteiger partial charge on any atom is 0.287 e. The van der Waals surface area contributed by atoms with Gasteiger partial charge >= 0.3 is 0 Å². The summed E-state index contributed by atoms with van der Waals surface area (Å²) in [6, 6.07) is 12.0. The van der Waals surface area contributed by atoms with Gasteiger partial charge < -0.3 is 9.73 Å². The van der Waals surface area contributed by atoms with Crippen molar-refractivity contribution in [3.8, 4) is 5.69 Å². The molecule has 3 rings (SSSR count). The molecule has 0 bridgehead atoms. The van der Waals surface area contributed by atoms with Gasteiger partial charge in [-0.2, -0.15) is 5.10 Å². The summed E-state index contributed by atoms with van der Waals surface area (Å²) in [5, 5.41) is 6.57. The minimum Gasteiger partial charge on any atom is -0.438 e. The maximum atomic E-state index is 12.3. The highest BCUT2D eigenvalue weighted by atomic mass is 32.2. The highest BCUT2D eigenvalue weighted by molar-refractivity contribution is 7.89. The fourth-order valence-corrected chi connectivity index (χ4v) is 3.85. The van der Waals surface area contributed by atoms with Crippen LogP contribution in [0.25, 0.3) is 5.69 Å². The molecule has 0 saturated carbocycles. The minimum atomic E-state index is -3.83. The smallest absolute Gasteiger partial charge is 0.287 e. The Morgan fingerprint density at radius 3 is 2.46 bits per heavy atom. The molecule has 0 radical (unpaired) electrons. The zero-order chi connectivity index (χ0) is 20.4. The standard InChI is InChI=1S/C19H22N4O4S/c1-19(2,3)22-28(25,26)17-10-9-16(27-17)18(24)20-13-14-5-7-15(8-6-14)23-12-4-11-21-23/h4-12,22H,13H2,1-3H3,(H,20,24). The first kappa shape index (κ1) is 19.8. The van der Waals surface area contributed by atoms with Gasteiger partial charge in [-0.25, -0.2) is 17.8 Å². The second-order valence-corrected chi connectivity index (χ2v) is 8.89. The van der Waals surface area contributed by atoms with Crippen molar-refractivity contribution in [3.63, 3.8) is 0 Å². The summed E-state index contributed by atoms with van der Waals surface area (Å²) in [7, 11) is -3.83. The van der Waals surface area contributed by atoms with Crippen molar-refractivity contribution in [2.75, 3.05) is 0 Å². The number of carbonyl (C=O) groups excluding carboxylic acids is 1. The molecule has 0 spiro atoms. The van der Waals surface area contributed by atoms with Gasteiger partial charge in [-0.05, 0) is 56.7 Å². The topological polar surface area (TPSA) is 106 Å². The summed E-state index contributed by atoms with van der Waals surface area (Å²) in [5.41, 5.74) is 1.14. The van der Waals surface area contributed by atoms with E-state index in [1.165, 1.54) is 12.1 Å². The Morgan fingerprint density at radius 1 is 1.14 bits per heavy atom. The first-order valence-corrected chi connectivity index (χ1v) is 10.1. The number of carbonyl (C=O) groups is 1. The minimum absolute atomic E-state index is 0.0672. The molecular weight excluding hydrogens is 380 g/mol. The number of nitrogens with one attached hydrogen (secondary N) is 2. The Bertz CT molecular complexity index is 1050. The van der Waals surface area contributed by atoms with E-state index in [2.05, 4.69) is 15.1 Å². The molecule has 1 amide bonds. The molecule has 0 aliphatic rings. The van der Waals surface area contributed by atoms with E-state index < -0.39 is 21.5 Å². The molecule has 8 nitrogen and oxygen atoms in total. The van der Waals surface area contributed by atoms with Crippen LogP contribution in [0.15, 0.2) is 64.4 Å². The lowest BCUT2D eigenvalue weighted by molar-refractivity contribution is 0.0918. The number of sulfonamides is 1. The van der Waals surface area contributed by atoms with E-state index in [4.69, 9.17) is 4.42 Å². The van der Waals surface area contributed by atoms with E-state index in [-0.39, 0.29) is 17.4 Å². The first-order valence-electron chi connectivity index (χ1n) is 8.65. The van der Waals surface area contributed by atoms with Gasteiger partial charge in [-0.15, -0.1) is 0 Å². The second-order valence-electron chi connectivity index (χ2n) is 7.27. The molecule has 2 N–H and O–H groups in total. The Morgan fingerprint density at radius 2 is 1.86 bits per heavy atom. The Hall–Kier alpha value is -2.91. The van der Waals surface area contributed by atoms with Gasteiger partial charge in [0.05, 0.1) is 5.69 Å². The van der Waals surface area contributed by atoms with Crippen molar-refractivity contribution >= 4 is 15.9 Å². The number of aromatic nitrogens is 2. The maximum absolute atomic E-state index is 12.3. The summed E-state index contributed by atoms with van der Waals surface area (Å²) in [6.07, 6.45) is 3.54. The fraction of sp³-hybridized carbons (Fsp3) is 0.263. The largest absolute Gasteiger partial charge is 0.438 e. The normalized spacial score (nSPS) is 12.1. The fourth-order valence-electron chi connectivity index (χ4n) is 2.50. The SMILES string of the molecule is CC(C)(C)NS(=O)(=O)c1ccc(C(=O)NCc2ccc(-n3cccn3)cc2)o1. The number of furan rings is 1. The summed E-state index contributed by atoms with van der Waals surface area (Å²) < 4.78 is 33.9. The van der Waals surface area contributed by atoms with Gasteiger partial charge in [0.25, 0.3) is 15.9 Å². The molecule has 0 aliphatic heterocycles. The molecule has 0 aliphatic carbocycles. The zero-order valence-corrected chi connectivity index (χ0v) is 16.7. The number of hydrogen-bond acceptors (Lipinski definition) is 5. The summed E-state index contributed by atoms with van der Waals surface area (Å²) in [5.74, 6) is -0.559. The second kappa shape index (κ2) is 7.61. The summed E-state index contributed by atoms with van der Waals surface area (Å²) >= 11 is 0. The predicted octanol–water partition coefficient (Wildman–Crippen LogP) is 2.47. The molecule has 9 heteroatoms. The zero-order valence-electron chi connectivity index (χ0n) is 15.8. The van der Waals surface area contributed by atoms with Crippen LogP contribution in [0.1, 0.15) is 36.9 Å². The van der Waals surface area contributed by atoms with Crippen LogP contribution in [0, 0.1) is 0 Å². The van der Waals surface area contributed by atoms with Crippen LogP contribution >= 0.6 is 0 Å². The average molecular weight is 402 g/mol. The Labute approximate surface area is 163 Å². The lowest BCUT2D eigenvalue weighted by atomic mass is 10.1. The quantitative estimate of drug-likeness (QED) is 0.659. The molecule has 0 atom stereocenters. The van der Waals surface area contributed by atoms with E-state index in [9.17, 15) is 13.2 Å². The van der Waals surface area contributed by atoms with Gasteiger partial charge in [-0.1, -0.05) is 12.1 Å². The molecule has 28 heavy (non-hydrogen) atoms. The monoisotopic (exact) mass is 402 g/mol. The van der Waals surface area contributed by atoms with Gasteiger partial charge in [0, 0.05) is 24.5 Å². The van der Waals surface area contributed by atoms with Gasteiger partial charge in [0.2, 0.25) is 5.09 Å². The van der Waals surface area contributed by atoms with Crippen molar-refractivity contribution in [2.24, 2.45) is 0 Å². The molecule has 2 aromatic heterocycles. The Balaban J connectivity index is 1.62. The third-order valence-corrected chi connectivity index (χ3v) is 5.30.